The van der Waals surface area contributed by atoms with Crippen LogP contribution >= 0.6 is 0 Å². The zero-order valence-corrected chi connectivity index (χ0v) is 10.5. The largest absolute Gasteiger partial charge is 0.441 e. The van der Waals surface area contributed by atoms with E-state index < -0.39 is 17.6 Å². The van der Waals surface area contributed by atoms with Crippen LogP contribution in [0, 0.1) is 0 Å². The van der Waals surface area contributed by atoms with E-state index >= 15 is 0 Å². The van der Waals surface area contributed by atoms with Gasteiger partial charge in [0.1, 0.15) is 5.69 Å². The summed E-state index contributed by atoms with van der Waals surface area (Å²) in [6.07, 6.45) is -1.66. The molecule has 0 aliphatic carbocycles. The van der Waals surface area contributed by atoms with Gasteiger partial charge in [0.25, 0.3) is 0 Å². The van der Waals surface area contributed by atoms with Crippen molar-refractivity contribution in [2.45, 2.75) is 12.7 Å². The second-order valence-electron chi connectivity index (χ2n) is 4.35. The lowest BCUT2D eigenvalue weighted by molar-refractivity contribution is -0.141. The average molecular weight is 295 g/mol. The molecule has 5 nitrogen and oxygen atoms in total. The highest BCUT2D eigenvalue weighted by molar-refractivity contribution is 5.47. The number of fused-ring (bicyclic) bond motifs is 1. The van der Waals surface area contributed by atoms with Crippen molar-refractivity contribution in [3.63, 3.8) is 0 Å². The Morgan fingerprint density at radius 3 is 2.71 bits per heavy atom. The van der Waals surface area contributed by atoms with E-state index in [9.17, 15) is 18.0 Å². The Hall–Kier alpha value is -2.64. The van der Waals surface area contributed by atoms with Crippen LogP contribution in [0.15, 0.2) is 45.9 Å². The van der Waals surface area contributed by atoms with Crippen LogP contribution in [0.1, 0.15) is 11.3 Å². The van der Waals surface area contributed by atoms with Gasteiger partial charge in [0.15, 0.2) is 11.6 Å². The molecule has 1 aromatic rings. The van der Waals surface area contributed by atoms with Crippen molar-refractivity contribution >= 4 is 0 Å². The predicted octanol–water partition coefficient (Wildman–Crippen LogP) is 2.40. The van der Waals surface area contributed by atoms with Gasteiger partial charge in [-0.25, -0.2) is 4.79 Å². The van der Waals surface area contributed by atoms with Crippen LogP contribution in [0.3, 0.4) is 0 Å². The molecule has 8 heteroatoms. The van der Waals surface area contributed by atoms with Gasteiger partial charge in [-0.15, -0.1) is 0 Å². The Morgan fingerprint density at radius 1 is 1.24 bits per heavy atom. The number of hydrogen-bond donors (Lipinski definition) is 0. The van der Waals surface area contributed by atoms with E-state index in [1.54, 1.807) is 22.9 Å². The van der Waals surface area contributed by atoms with Gasteiger partial charge in [-0.05, 0) is 23.8 Å². The van der Waals surface area contributed by atoms with Crippen LogP contribution in [0.4, 0.5) is 13.2 Å². The topological polar surface area (TPSA) is 60.9 Å². The summed E-state index contributed by atoms with van der Waals surface area (Å²) in [5, 5.41) is 0. The molecule has 0 radical (unpaired) electrons. The molecule has 108 valence electrons. The molecule has 2 aliphatic heterocycles. The Kier molecular flexibility index (Phi) is 3.00. The van der Waals surface area contributed by atoms with Gasteiger partial charge in [0.05, 0.1) is 6.54 Å². The van der Waals surface area contributed by atoms with Gasteiger partial charge >= 0.3 is 11.9 Å². The number of halogens is 3. The fraction of sp³-hybridized carbons (Fsp3) is 0.154. The summed E-state index contributed by atoms with van der Waals surface area (Å²) in [4.78, 5) is 18.2. The van der Waals surface area contributed by atoms with Crippen molar-refractivity contribution in [3.05, 3.63) is 58.5 Å². The molecule has 0 saturated heterocycles. The smallest absolute Gasteiger partial charge is 0.405 e. The van der Waals surface area contributed by atoms with Gasteiger partial charge in [0, 0.05) is 12.4 Å². The number of hydrogen-bond acceptors (Lipinski definition) is 4. The molecule has 0 N–H and O–H groups in total. The lowest BCUT2D eigenvalue weighted by Gasteiger charge is -2.10. The highest BCUT2D eigenvalue weighted by Gasteiger charge is 2.32. The molecular formula is C13H8F3N3O2. The molecule has 0 bridgehead atoms. The molecule has 0 amide bonds. The third kappa shape index (κ3) is 2.64. The minimum absolute atomic E-state index is 0.231. The molecule has 0 unspecified atom stereocenters. The van der Waals surface area contributed by atoms with Crippen LogP contribution < -0.4 is 5.76 Å². The third-order valence-corrected chi connectivity index (χ3v) is 2.87. The monoisotopic (exact) mass is 295 g/mol. The summed E-state index contributed by atoms with van der Waals surface area (Å²) >= 11 is 0. The fourth-order valence-corrected chi connectivity index (χ4v) is 1.93. The Bertz CT molecular complexity index is 790. The SMILES string of the molecule is O=c1nc2n(Cc3ccc(C(F)(F)F)nc3)cccc-2o1. The van der Waals surface area contributed by atoms with E-state index in [4.69, 9.17) is 4.42 Å². The van der Waals surface area contributed by atoms with Crippen molar-refractivity contribution in [1.82, 2.24) is 14.5 Å². The molecule has 0 fully saturated rings. The van der Waals surface area contributed by atoms with Crippen molar-refractivity contribution in [2.75, 3.05) is 0 Å². The first kappa shape index (κ1) is 13.3. The zero-order valence-electron chi connectivity index (χ0n) is 10.5. The summed E-state index contributed by atoms with van der Waals surface area (Å²) in [5.74, 6) is -0.0553. The highest BCUT2D eigenvalue weighted by atomic mass is 19.4. The van der Waals surface area contributed by atoms with Gasteiger partial charge in [-0.1, -0.05) is 6.07 Å². The molecule has 0 spiro atoms. The van der Waals surface area contributed by atoms with Gasteiger partial charge in [-0.2, -0.15) is 18.2 Å². The third-order valence-electron chi connectivity index (χ3n) is 2.87. The first-order valence-electron chi connectivity index (χ1n) is 5.91. The van der Waals surface area contributed by atoms with Crippen molar-refractivity contribution < 1.29 is 17.6 Å². The molecule has 1 aromatic heterocycles. The number of oxazole rings is 1. The number of nitrogens with zero attached hydrogens (tertiary/aromatic N) is 3. The molecule has 21 heavy (non-hydrogen) atoms. The van der Waals surface area contributed by atoms with Crippen molar-refractivity contribution in [1.29, 1.82) is 0 Å². The molecule has 2 aliphatic rings. The predicted molar refractivity (Wildman–Crippen MR) is 65.7 cm³/mol. The maximum Gasteiger partial charge on any atom is 0.441 e. The normalized spacial score (nSPS) is 12.0. The van der Waals surface area contributed by atoms with Crippen molar-refractivity contribution in [2.24, 2.45) is 0 Å². The number of aromatic nitrogens is 3. The molecular weight excluding hydrogens is 287 g/mol. The van der Waals surface area contributed by atoms with Crippen LogP contribution in [0.2, 0.25) is 0 Å². The molecule has 0 saturated carbocycles. The van der Waals surface area contributed by atoms with Crippen molar-refractivity contribution in [3.8, 4) is 11.6 Å². The number of alkyl halides is 3. The number of pyridine rings is 2. The Balaban J connectivity index is 1.91. The van der Waals surface area contributed by atoms with E-state index in [-0.39, 0.29) is 6.54 Å². The molecule has 3 rings (SSSR count). The summed E-state index contributed by atoms with van der Waals surface area (Å²) in [7, 11) is 0. The lowest BCUT2D eigenvalue weighted by atomic mass is 10.2. The summed E-state index contributed by atoms with van der Waals surface area (Å²) in [6.45, 7) is 0.231. The van der Waals surface area contributed by atoms with Crippen LogP contribution in [0.5, 0.6) is 0 Å². The summed E-state index contributed by atoms with van der Waals surface area (Å²) < 4.78 is 43.8. The molecule has 0 atom stereocenters. The second kappa shape index (κ2) is 4.72. The Labute approximate surface area is 116 Å². The lowest BCUT2D eigenvalue weighted by Crippen LogP contribution is -2.09. The van der Waals surface area contributed by atoms with Gasteiger partial charge in [-0.3, -0.25) is 4.98 Å². The van der Waals surface area contributed by atoms with Gasteiger partial charge in [0.2, 0.25) is 0 Å². The second-order valence-corrected chi connectivity index (χ2v) is 4.35. The van der Waals surface area contributed by atoms with Gasteiger partial charge < -0.3 is 8.98 Å². The highest BCUT2D eigenvalue weighted by Crippen LogP contribution is 2.27. The maximum atomic E-state index is 12.4. The fourth-order valence-electron chi connectivity index (χ4n) is 1.93. The minimum atomic E-state index is -4.46. The minimum Gasteiger partial charge on any atom is -0.405 e. The van der Waals surface area contributed by atoms with E-state index in [0.717, 1.165) is 12.3 Å². The van der Waals surface area contributed by atoms with E-state index in [2.05, 4.69) is 9.97 Å². The van der Waals surface area contributed by atoms with E-state index in [1.807, 2.05) is 0 Å². The average Bonchev–Trinajstić information content (AvgIpc) is 2.80. The maximum absolute atomic E-state index is 12.4. The first-order valence-corrected chi connectivity index (χ1v) is 5.91. The standard InChI is InChI=1S/C13H8F3N3O2/c14-13(15,16)10-4-3-8(6-17-10)7-19-5-1-2-9-11(19)18-12(20)21-9/h1-6H,7H2. The van der Waals surface area contributed by atoms with Crippen LogP contribution in [0.25, 0.3) is 11.6 Å². The van der Waals surface area contributed by atoms with E-state index in [0.29, 0.717) is 17.1 Å². The number of rotatable bonds is 2. The molecule has 3 heterocycles. The quantitative estimate of drug-likeness (QED) is 0.728. The van der Waals surface area contributed by atoms with Crippen LogP contribution in [-0.2, 0) is 12.7 Å². The summed E-state index contributed by atoms with van der Waals surface area (Å²) in [5.41, 5.74) is -0.395. The van der Waals surface area contributed by atoms with Crippen LogP contribution in [-0.4, -0.2) is 14.5 Å². The zero-order chi connectivity index (χ0) is 15.0. The molecule has 0 aromatic carbocycles. The van der Waals surface area contributed by atoms with E-state index in [1.165, 1.54) is 6.07 Å². The summed E-state index contributed by atoms with van der Waals surface area (Å²) in [6, 6.07) is 5.49. The Morgan fingerprint density at radius 2 is 2.05 bits per heavy atom. The first-order chi connectivity index (χ1) is 9.93.